The van der Waals surface area contributed by atoms with E-state index in [4.69, 9.17) is 4.74 Å². The molecule has 1 aromatic carbocycles. The number of hydrogen-bond acceptors (Lipinski definition) is 6. The molecule has 1 aliphatic rings. The Morgan fingerprint density at radius 1 is 1.18 bits per heavy atom. The van der Waals surface area contributed by atoms with E-state index in [1.165, 1.54) is 7.11 Å². The Hall–Kier alpha value is -2.90. The number of nitrogens with one attached hydrogen (secondary N) is 1. The van der Waals surface area contributed by atoms with Crippen LogP contribution in [0.3, 0.4) is 0 Å². The van der Waals surface area contributed by atoms with E-state index in [0.29, 0.717) is 23.5 Å². The van der Waals surface area contributed by atoms with Crippen molar-refractivity contribution in [1.82, 2.24) is 10.2 Å². The third kappa shape index (κ3) is 5.09. The van der Waals surface area contributed by atoms with Gasteiger partial charge in [-0.1, -0.05) is 26.0 Å². The van der Waals surface area contributed by atoms with Crippen LogP contribution < -0.4 is 5.32 Å². The molecule has 1 fully saturated rings. The maximum atomic E-state index is 12.6. The standard InChI is InChI=1S/C20H26N2O6/c1-13(2)9-10-20(3)18(25)22(19(26)21-20)11-16(23)28-12-14-5-7-15(8-6-14)17(24)27-4/h5-8,13H,9-12H2,1-4H3,(H,21,26)/t20-/m0/s1. The average molecular weight is 390 g/mol. The van der Waals surface area contributed by atoms with Crippen molar-refractivity contribution in [3.63, 3.8) is 0 Å². The molecule has 1 heterocycles. The lowest BCUT2D eigenvalue weighted by Gasteiger charge is -2.22. The summed E-state index contributed by atoms with van der Waals surface area (Å²) in [4.78, 5) is 49.1. The van der Waals surface area contributed by atoms with Crippen LogP contribution in [0.1, 0.15) is 49.5 Å². The van der Waals surface area contributed by atoms with Gasteiger partial charge in [0.05, 0.1) is 12.7 Å². The van der Waals surface area contributed by atoms with Gasteiger partial charge in [0, 0.05) is 0 Å². The van der Waals surface area contributed by atoms with Gasteiger partial charge in [0.25, 0.3) is 5.91 Å². The minimum atomic E-state index is -0.995. The monoisotopic (exact) mass is 390 g/mol. The highest BCUT2D eigenvalue weighted by Crippen LogP contribution is 2.24. The van der Waals surface area contributed by atoms with Crippen molar-refractivity contribution >= 4 is 23.9 Å². The molecule has 0 radical (unpaired) electrons. The molecule has 0 unspecified atom stereocenters. The second-order valence-electron chi connectivity index (χ2n) is 7.44. The van der Waals surface area contributed by atoms with Crippen LogP contribution in [-0.4, -0.2) is 48.0 Å². The summed E-state index contributed by atoms with van der Waals surface area (Å²) >= 11 is 0. The highest BCUT2D eigenvalue weighted by Gasteiger charge is 2.48. The minimum absolute atomic E-state index is 0.0332. The molecule has 3 amide bonds. The number of hydrogen-bond donors (Lipinski definition) is 1. The molecule has 1 atom stereocenters. The van der Waals surface area contributed by atoms with Crippen LogP contribution in [-0.2, 0) is 25.7 Å². The molecule has 28 heavy (non-hydrogen) atoms. The van der Waals surface area contributed by atoms with E-state index in [9.17, 15) is 19.2 Å². The van der Waals surface area contributed by atoms with Gasteiger partial charge in [-0.3, -0.25) is 14.5 Å². The van der Waals surface area contributed by atoms with Crippen LogP contribution >= 0.6 is 0 Å². The van der Waals surface area contributed by atoms with Crippen molar-refractivity contribution in [2.24, 2.45) is 5.92 Å². The van der Waals surface area contributed by atoms with E-state index in [1.54, 1.807) is 31.2 Å². The third-order valence-corrected chi connectivity index (χ3v) is 4.63. The molecule has 1 aliphatic heterocycles. The number of ether oxygens (including phenoxy) is 2. The van der Waals surface area contributed by atoms with Gasteiger partial charge in [-0.05, 0) is 43.4 Å². The van der Waals surface area contributed by atoms with Crippen molar-refractivity contribution < 1.29 is 28.7 Å². The molecular formula is C20H26N2O6. The minimum Gasteiger partial charge on any atom is -0.465 e. The lowest BCUT2D eigenvalue weighted by Crippen LogP contribution is -2.44. The smallest absolute Gasteiger partial charge is 0.337 e. The second-order valence-corrected chi connectivity index (χ2v) is 7.44. The van der Waals surface area contributed by atoms with E-state index in [-0.39, 0.29) is 6.61 Å². The predicted octanol–water partition coefficient (Wildman–Crippen LogP) is 2.26. The van der Waals surface area contributed by atoms with Gasteiger partial charge >= 0.3 is 18.0 Å². The molecule has 1 aromatic rings. The zero-order valence-electron chi connectivity index (χ0n) is 16.6. The zero-order valence-corrected chi connectivity index (χ0v) is 16.6. The van der Waals surface area contributed by atoms with Crippen LogP contribution in [0.15, 0.2) is 24.3 Å². The fourth-order valence-electron chi connectivity index (χ4n) is 2.83. The van der Waals surface area contributed by atoms with Crippen molar-refractivity contribution in [2.45, 2.75) is 45.8 Å². The first kappa shape index (κ1) is 21.4. The molecule has 0 bridgehead atoms. The number of imide groups is 1. The predicted molar refractivity (Wildman–Crippen MR) is 100 cm³/mol. The van der Waals surface area contributed by atoms with Gasteiger partial charge in [-0.25, -0.2) is 9.59 Å². The number of urea groups is 1. The summed E-state index contributed by atoms with van der Waals surface area (Å²) in [6, 6.07) is 5.81. The van der Waals surface area contributed by atoms with Gasteiger partial charge in [0.1, 0.15) is 18.7 Å². The second kappa shape index (κ2) is 8.86. The van der Waals surface area contributed by atoms with Crippen LogP contribution in [0.25, 0.3) is 0 Å². The van der Waals surface area contributed by atoms with Crippen molar-refractivity contribution in [1.29, 1.82) is 0 Å². The number of carbonyl (C=O) groups excluding carboxylic acids is 4. The van der Waals surface area contributed by atoms with Crippen molar-refractivity contribution in [2.75, 3.05) is 13.7 Å². The normalized spacial score (nSPS) is 19.0. The first-order valence-corrected chi connectivity index (χ1v) is 9.13. The molecule has 1 saturated heterocycles. The Labute approximate surface area is 164 Å². The SMILES string of the molecule is COC(=O)c1ccc(COC(=O)CN2C(=O)N[C@@](C)(CCC(C)C)C2=O)cc1. The molecule has 8 heteroatoms. The van der Waals surface area contributed by atoms with E-state index in [1.807, 2.05) is 13.8 Å². The number of carbonyl (C=O) groups is 4. The number of nitrogens with zero attached hydrogens (tertiary/aromatic N) is 1. The Kier molecular flexibility index (Phi) is 6.77. The van der Waals surface area contributed by atoms with Crippen LogP contribution in [0.5, 0.6) is 0 Å². The van der Waals surface area contributed by atoms with Crippen LogP contribution in [0.2, 0.25) is 0 Å². The molecule has 0 saturated carbocycles. The van der Waals surface area contributed by atoms with Gasteiger partial charge in [-0.2, -0.15) is 0 Å². The number of benzene rings is 1. The average Bonchev–Trinajstić information content (AvgIpc) is 2.88. The zero-order chi connectivity index (χ0) is 20.9. The molecular weight excluding hydrogens is 364 g/mol. The Balaban J connectivity index is 1.89. The quantitative estimate of drug-likeness (QED) is 0.540. The lowest BCUT2D eigenvalue weighted by atomic mass is 9.92. The Morgan fingerprint density at radius 2 is 1.82 bits per heavy atom. The van der Waals surface area contributed by atoms with Crippen LogP contribution in [0, 0.1) is 5.92 Å². The largest absolute Gasteiger partial charge is 0.465 e. The van der Waals surface area contributed by atoms with Crippen LogP contribution in [0.4, 0.5) is 4.79 Å². The van der Waals surface area contributed by atoms with Gasteiger partial charge in [0.2, 0.25) is 0 Å². The summed E-state index contributed by atoms with van der Waals surface area (Å²) in [5.74, 6) is -1.17. The maximum Gasteiger partial charge on any atom is 0.337 e. The van der Waals surface area contributed by atoms with E-state index >= 15 is 0 Å². The summed E-state index contributed by atoms with van der Waals surface area (Å²) in [5.41, 5.74) is 0.0586. The number of esters is 2. The molecule has 0 aromatic heterocycles. The van der Waals surface area contributed by atoms with Gasteiger partial charge in [0.15, 0.2) is 0 Å². The maximum absolute atomic E-state index is 12.6. The highest BCUT2D eigenvalue weighted by atomic mass is 16.5. The Bertz CT molecular complexity index is 758. The van der Waals surface area contributed by atoms with Crippen molar-refractivity contribution in [3.8, 4) is 0 Å². The Morgan fingerprint density at radius 3 is 2.39 bits per heavy atom. The molecule has 1 N–H and O–H groups in total. The number of amides is 3. The fourth-order valence-corrected chi connectivity index (χ4v) is 2.83. The van der Waals surface area contributed by atoms with Crippen molar-refractivity contribution in [3.05, 3.63) is 35.4 Å². The van der Waals surface area contributed by atoms with Gasteiger partial charge in [-0.15, -0.1) is 0 Å². The third-order valence-electron chi connectivity index (χ3n) is 4.63. The summed E-state index contributed by atoms with van der Waals surface area (Å²) in [6.07, 6.45) is 1.29. The lowest BCUT2D eigenvalue weighted by molar-refractivity contribution is -0.148. The van der Waals surface area contributed by atoms with Gasteiger partial charge < -0.3 is 14.8 Å². The first-order chi connectivity index (χ1) is 13.2. The van der Waals surface area contributed by atoms with E-state index < -0.39 is 36.0 Å². The first-order valence-electron chi connectivity index (χ1n) is 9.13. The topological polar surface area (TPSA) is 102 Å². The summed E-state index contributed by atoms with van der Waals surface area (Å²) < 4.78 is 9.77. The number of rotatable bonds is 8. The van der Waals surface area contributed by atoms with E-state index in [2.05, 4.69) is 10.1 Å². The summed E-state index contributed by atoms with van der Waals surface area (Å²) in [6.45, 7) is 5.27. The molecule has 0 spiro atoms. The fraction of sp³-hybridized carbons (Fsp3) is 0.500. The van der Waals surface area contributed by atoms with E-state index in [0.717, 1.165) is 11.3 Å². The molecule has 0 aliphatic carbocycles. The summed E-state index contributed by atoms with van der Waals surface area (Å²) in [7, 11) is 1.29. The number of methoxy groups -OCH3 is 1. The molecule has 8 nitrogen and oxygen atoms in total. The summed E-state index contributed by atoms with van der Waals surface area (Å²) in [5, 5.41) is 2.67. The molecule has 2 rings (SSSR count). The highest BCUT2D eigenvalue weighted by molar-refractivity contribution is 6.08. The molecule has 152 valence electrons.